The Morgan fingerprint density at radius 3 is 1.74 bits per heavy atom. The molecular formula is C19H17BrCl6N4O4. The van der Waals surface area contributed by atoms with Crippen LogP contribution in [0.2, 0.25) is 0 Å². The van der Waals surface area contributed by atoms with Crippen LogP contribution in [0.5, 0.6) is 0 Å². The maximum Gasteiger partial charge on any atom is 0.250 e. The van der Waals surface area contributed by atoms with Crippen LogP contribution in [0.25, 0.3) is 11.4 Å². The zero-order chi connectivity index (χ0) is 25.7. The summed E-state index contributed by atoms with van der Waals surface area (Å²) < 4.78 is 7.36. The van der Waals surface area contributed by atoms with Crippen molar-refractivity contribution >= 4 is 104 Å². The van der Waals surface area contributed by atoms with Crippen molar-refractivity contribution in [3.8, 4) is 11.4 Å². The Hall–Kier alpha value is -0.490. The fraction of sp³-hybridized carbons (Fsp3) is 0.421. The summed E-state index contributed by atoms with van der Waals surface area (Å²) in [5.74, 6) is -0.469. The standard InChI is InChI=1S/C19H17BrCl6N4O4/c1-3-33-13(8-31)30(14(9-32)34-4-2)10-5-6-11(12(20)7-10)15-27-16(18(21,22)23)29-17(28-15)19(24,25)26/h5-9,13-14H,3-4H2,1-2H3. The summed E-state index contributed by atoms with van der Waals surface area (Å²) in [6.07, 6.45) is -1.05. The van der Waals surface area contributed by atoms with Gasteiger partial charge in [0.1, 0.15) is 0 Å². The number of rotatable bonds is 10. The summed E-state index contributed by atoms with van der Waals surface area (Å²) >= 11 is 39.1. The van der Waals surface area contributed by atoms with E-state index < -0.39 is 20.0 Å². The van der Waals surface area contributed by atoms with Gasteiger partial charge in [0.2, 0.25) is 7.59 Å². The lowest BCUT2D eigenvalue weighted by Gasteiger charge is -2.34. The third kappa shape index (κ3) is 7.51. The van der Waals surface area contributed by atoms with Crippen molar-refractivity contribution in [2.24, 2.45) is 0 Å². The van der Waals surface area contributed by atoms with Crippen molar-refractivity contribution in [2.45, 2.75) is 33.9 Å². The Bertz CT molecular complexity index is 971. The number of alkyl halides is 6. The van der Waals surface area contributed by atoms with E-state index in [4.69, 9.17) is 79.1 Å². The van der Waals surface area contributed by atoms with Gasteiger partial charge in [0.05, 0.1) is 0 Å². The number of carbonyl (C=O) groups is 2. The Morgan fingerprint density at radius 2 is 1.38 bits per heavy atom. The first kappa shape index (κ1) is 29.7. The Balaban J connectivity index is 2.64. The average Bonchev–Trinajstić information content (AvgIpc) is 2.76. The van der Waals surface area contributed by atoms with Gasteiger partial charge in [-0.05, 0) is 48.0 Å². The minimum atomic E-state index is -2.02. The molecule has 2 atom stereocenters. The van der Waals surface area contributed by atoms with Crippen LogP contribution in [0, 0.1) is 0 Å². The number of nitrogens with zero attached hydrogens (tertiary/aromatic N) is 4. The predicted molar refractivity (Wildman–Crippen MR) is 137 cm³/mol. The Kier molecular flexibility index (Phi) is 11.1. The van der Waals surface area contributed by atoms with Crippen LogP contribution >= 0.6 is 85.5 Å². The second kappa shape index (κ2) is 12.7. The smallest absolute Gasteiger partial charge is 0.250 e. The van der Waals surface area contributed by atoms with Gasteiger partial charge < -0.3 is 14.4 Å². The molecule has 2 unspecified atom stereocenters. The van der Waals surface area contributed by atoms with E-state index in [0.29, 0.717) is 28.3 Å². The van der Waals surface area contributed by atoms with Gasteiger partial charge in [0, 0.05) is 28.9 Å². The topological polar surface area (TPSA) is 94.5 Å². The molecule has 8 nitrogen and oxygen atoms in total. The van der Waals surface area contributed by atoms with Gasteiger partial charge in [-0.1, -0.05) is 69.6 Å². The zero-order valence-corrected chi connectivity index (χ0v) is 23.6. The van der Waals surface area contributed by atoms with E-state index in [1.165, 1.54) is 4.90 Å². The van der Waals surface area contributed by atoms with E-state index >= 15 is 0 Å². The lowest BCUT2D eigenvalue weighted by molar-refractivity contribution is -0.125. The minimum absolute atomic E-state index is 0.0381. The number of hydrogen-bond acceptors (Lipinski definition) is 8. The van der Waals surface area contributed by atoms with E-state index in [9.17, 15) is 9.59 Å². The molecule has 0 fully saturated rings. The summed E-state index contributed by atoms with van der Waals surface area (Å²) in [5.41, 5.74) is 0.833. The third-order valence-corrected chi connectivity index (χ3v) is 5.76. The number of hydrogen-bond donors (Lipinski definition) is 0. The van der Waals surface area contributed by atoms with Crippen LogP contribution in [0.4, 0.5) is 5.69 Å². The monoisotopic (exact) mass is 654 g/mol. The van der Waals surface area contributed by atoms with Gasteiger partial charge in [0.15, 0.2) is 42.5 Å². The molecular weight excluding hydrogens is 641 g/mol. The Morgan fingerprint density at radius 1 is 0.912 bits per heavy atom. The number of carbonyl (C=O) groups excluding carboxylic acids is 2. The number of benzene rings is 1. The summed E-state index contributed by atoms with van der Waals surface area (Å²) in [4.78, 5) is 37.1. The van der Waals surface area contributed by atoms with Crippen molar-refractivity contribution in [1.29, 1.82) is 0 Å². The highest BCUT2D eigenvalue weighted by Gasteiger charge is 2.34. The molecule has 0 radical (unpaired) electrons. The van der Waals surface area contributed by atoms with Crippen molar-refractivity contribution in [3.63, 3.8) is 0 Å². The quantitative estimate of drug-likeness (QED) is 0.178. The molecule has 34 heavy (non-hydrogen) atoms. The second-order valence-corrected chi connectivity index (χ2v) is 11.8. The molecule has 0 bridgehead atoms. The number of ether oxygens (including phenoxy) is 2. The lowest BCUT2D eigenvalue weighted by atomic mass is 10.1. The molecule has 0 aliphatic carbocycles. The summed E-state index contributed by atoms with van der Waals surface area (Å²) in [5, 5.41) is 0. The van der Waals surface area contributed by atoms with Gasteiger partial charge in [0.25, 0.3) is 0 Å². The van der Waals surface area contributed by atoms with Crippen LogP contribution in [-0.4, -0.2) is 53.2 Å². The fourth-order valence-corrected chi connectivity index (χ4v) is 3.80. The molecule has 0 spiro atoms. The normalized spacial score (nSPS) is 13.9. The number of aldehydes is 2. The molecule has 0 aliphatic heterocycles. The highest BCUT2D eigenvalue weighted by atomic mass is 79.9. The van der Waals surface area contributed by atoms with Crippen LogP contribution in [0.1, 0.15) is 25.5 Å². The highest BCUT2D eigenvalue weighted by Crippen LogP contribution is 2.41. The number of aromatic nitrogens is 3. The number of anilines is 1. The van der Waals surface area contributed by atoms with Crippen LogP contribution in [0.15, 0.2) is 22.7 Å². The molecule has 0 saturated heterocycles. The van der Waals surface area contributed by atoms with Crippen LogP contribution < -0.4 is 4.90 Å². The summed E-state index contributed by atoms with van der Waals surface area (Å²) in [6, 6.07) is 4.79. The molecule has 0 N–H and O–H groups in total. The van der Waals surface area contributed by atoms with E-state index in [2.05, 4.69) is 30.9 Å². The van der Waals surface area contributed by atoms with Crippen molar-refractivity contribution in [2.75, 3.05) is 18.1 Å². The maximum absolute atomic E-state index is 11.7. The minimum Gasteiger partial charge on any atom is -0.351 e. The second-order valence-electron chi connectivity index (χ2n) is 6.34. The lowest BCUT2D eigenvalue weighted by Crippen LogP contribution is -2.48. The van der Waals surface area contributed by atoms with Gasteiger partial charge in [-0.15, -0.1) is 0 Å². The fourth-order valence-electron chi connectivity index (χ4n) is 2.75. The molecule has 2 rings (SSSR count). The molecule has 1 aromatic carbocycles. The van der Waals surface area contributed by atoms with Gasteiger partial charge >= 0.3 is 0 Å². The predicted octanol–water partition coefficient (Wildman–Crippen LogP) is 5.88. The van der Waals surface area contributed by atoms with E-state index in [0.717, 1.165) is 0 Å². The first-order valence-corrected chi connectivity index (χ1v) is 12.6. The van der Waals surface area contributed by atoms with Crippen molar-refractivity contribution in [1.82, 2.24) is 15.0 Å². The van der Waals surface area contributed by atoms with Crippen LogP contribution in [-0.2, 0) is 26.6 Å². The maximum atomic E-state index is 11.7. The van der Waals surface area contributed by atoms with Gasteiger partial charge in [-0.25, -0.2) is 15.0 Å². The highest BCUT2D eigenvalue weighted by molar-refractivity contribution is 9.10. The first-order valence-electron chi connectivity index (χ1n) is 9.49. The zero-order valence-electron chi connectivity index (χ0n) is 17.5. The molecule has 0 saturated carbocycles. The molecule has 1 heterocycles. The summed E-state index contributed by atoms with van der Waals surface area (Å²) in [6.45, 7) is 3.88. The Labute approximate surface area is 234 Å². The van der Waals surface area contributed by atoms with E-state index in [1.54, 1.807) is 32.0 Å². The molecule has 0 amide bonds. The largest absolute Gasteiger partial charge is 0.351 e. The van der Waals surface area contributed by atoms with Gasteiger partial charge in [-0.2, -0.15) is 0 Å². The van der Waals surface area contributed by atoms with E-state index in [1.807, 2.05) is 0 Å². The van der Waals surface area contributed by atoms with Gasteiger partial charge in [-0.3, -0.25) is 9.59 Å². The molecule has 186 valence electrons. The van der Waals surface area contributed by atoms with Crippen molar-refractivity contribution in [3.05, 3.63) is 34.3 Å². The van der Waals surface area contributed by atoms with Crippen molar-refractivity contribution < 1.29 is 19.1 Å². The van der Waals surface area contributed by atoms with Crippen LogP contribution in [0.3, 0.4) is 0 Å². The molecule has 0 aliphatic rings. The molecule has 2 aromatic rings. The first-order chi connectivity index (χ1) is 15.9. The summed E-state index contributed by atoms with van der Waals surface area (Å²) in [7, 11) is 0. The SMILES string of the molecule is CCOC(C=O)N(c1ccc(-c2nc(C(Cl)(Cl)Cl)nc(C(Cl)(Cl)Cl)n2)c(Br)c1)C(C=O)OCC. The number of halogens is 7. The molecule has 1 aromatic heterocycles. The molecule has 15 heteroatoms. The van der Waals surface area contributed by atoms with E-state index in [-0.39, 0.29) is 30.7 Å². The average molecular weight is 658 g/mol. The third-order valence-electron chi connectivity index (χ3n) is 4.09.